The fraction of sp³-hybridized carbons (Fsp3) is 0.625. The number of piperidine rings is 1. The fourth-order valence-electron chi connectivity index (χ4n) is 3.14. The van der Waals surface area contributed by atoms with Crippen molar-refractivity contribution in [2.24, 2.45) is 0 Å². The van der Waals surface area contributed by atoms with Crippen LogP contribution in [-0.2, 0) is 4.74 Å². The monoisotopic (exact) mass is 260 g/mol. The number of nitrogens with zero attached hydrogens (tertiary/aromatic N) is 1. The van der Waals surface area contributed by atoms with Crippen LogP contribution in [0.3, 0.4) is 0 Å². The first-order valence-corrected chi connectivity index (χ1v) is 7.51. The second kappa shape index (κ2) is 5.93. The Hall–Kier alpha value is -1.06. The zero-order valence-corrected chi connectivity index (χ0v) is 11.8. The summed E-state index contributed by atoms with van der Waals surface area (Å²) in [6.45, 7) is 7.08. The van der Waals surface area contributed by atoms with Crippen LogP contribution < -0.4 is 10.2 Å². The molecule has 2 aliphatic heterocycles. The molecule has 2 saturated heterocycles. The van der Waals surface area contributed by atoms with E-state index in [1.807, 2.05) is 0 Å². The van der Waals surface area contributed by atoms with Gasteiger partial charge in [0.2, 0.25) is 0 Å². The van der Waals surface area contributed by atoms with Crippen molar-refractivity contribution in [3.05, 3.63) is 29.3 Å². The minimum absolute atomic E-state index is 0.534. The summed E-state index contributed by atoms with van der Waals surface area (Å²) in [4.78, 5) is 2.49. The van der Waals surface area contributed by atoms with E-state index in [4.69, 9.17) is 4.74 Å². The predicted molar refractivity (Wildman–Crippen MR) is 78.8 cm³/mol. The Kier molecular flexibility index (Phi) is 4.04. The van der Waals surface area contributed by atoms with Crippen LogP contribution in [0.4, 0.5) is 5.69 Å². The summed E-state index contributed by atoms with van der Waals surface area (Å²) in [5, 5.41) is 3.68. The Morgan fingerprint density at radius 1 is 1.21 bits per heavy atom. The van der Waals surface area contributed by atoms with Crippen molar-refractivity contribution < 1.29 is 4.74 Å². The second-order valence-electron chi connectivity index (χ2n) is 5.66. The summed E-state index contributed by atoms with van der Waals surface area (Å²) in [6, 6.07) is 7.45. The average Bonchev–Trinajstić information content (AvgIpc) is 2.49. The molecule has 1 N–H and O–H groups in total. The number of ether oxygens (including phenoxy) is 1. The highest BCUT2D eigenvalue weighted by Gasteiger charge is 2.21. The van der Waals surface area contributed by atoms with Crippen LogP contribution in [0.1, 0.15) is 36.4 Å². The Bertz CT molecular complexity index is 421. The lowest BCUT2D eigenvalue weighted by Gasteiger charge is -2.34. The number of nitrogens with one attached hydrogen (secondary N) is 1. The Labute approximate surface area is 115 Å². The molecule has 3 rings (SSSR count). The van der Waals surface area contributed by atoms with Crippen molar-refractivity contribution in [1.29, 1.82) is 0 Å². The van der Waals surface area contributed by atoms with E-state index in [9.17, 15) is 0 Å². The summed E-state index contributed by atoms with van der Waals surface area (Å²) in [5.74, 6) is 0. The van der Waals surface area contributed by atoms with Crippen molar-refractivity contribution in [3.8, 4) is 0 Å². The van der Waals surface area contributed by atoms with Gasteiger partial charge in [0.1, 0.15) is 0 Å². The number of anilines is 1. The highest BCUT2D eigenvalue weighted by atomic mass is 16.5. The highest BCUT2D eigenvalue weighted by Crippen LogP contribution is 2.32. The highest BCUT2D eigenvalue weighted by molar-refractivity contribution is 5.57. The number of hydrogen-bond donors (Lipinski definition) is 1. The summed E-state index contributed by atoms with van der Waals surface area (Å²) in [5.41, 5.74) is 4.25. The molecule has 1 unspecified atom stereocenters. The van der Waals surface area contributed by atoms with Gasteiger partial charge in [-0.05, 0) is 43.5 Å². The van der Waals surface area contributed by atoms with Crippen molar-refractivity contribution in [1.82, 2.24) is 5.32 Å². The van der Waals surface area contributed by atoms with Gasteiger partial charge in [0, 0.05) is 24.8 Å². The predicted octanol–water partition coefficient (Wildman–Crippen LogP) is 2.65. The van der Waals surface area contributed by atoms with Gasteiger partial charge < -0.3 is 15.0 Å². The van der Waals surface area contributed by atoms with E-state index >= 15 is 0 Å². The van der Waals surface area contributed by atoms with Crippen molar-refractivity contribution in [2.75, 3.05) is 37.7 Å². The maximum absolute atomic E-state index is 5.48. The molecule has 0 aromatic heterocycles. The fourth-order valence-corrected chi connectivity index (χ4v) is 3.14. The van der Waals surface area contributed by atoms with E-state index in [-0.39, 0.29) is 0 Å². The number of benzene rings is 1. The topological polar surface area (TPSA) is 24.5 Å². The van der Waals surface area contributed by atoms with Gasteiger partial charge in [-0.1, -0.05) is 18.6 Å². The molecule has 2 aliphatic rings. The van der Waals surface area contributed by atoms with Gasteiger partial charge in [0.15, 0.2) is 0 Å². The van der Waals surface area contributed by atoms with E-state index in [0.29, 0.717) is 6.04 Å². The summed E-state index contributed by atoms with van der Waals surface area (Å²) in [6.07, 6.45) is 3.92. The van der Waals surface area contributed by atoms with Crippen LogP contribution in [0.2, 0.25) is 0 Å². The third-order valence-electron chi connectivity index (χ3n) is 4.22. The molecular weight excluding hydrogens is 236 g/mol. The normalized spacial score (nSPS) is 24.5. The molecule has 1 aromatic carbocycles. The van der Waals surface area contributed by atoms with E-state index in [1.165, 1.54) is 36.1 Å². The van der Waals surface area contributed by atoms with Gasteiger partial charge in [-0.15, -0.1) is 0 Å². The number of hydrogen-bond acceptors (Lipinski definition) is 3. The summed E-state index contributed by atoms with van der Waals surface area (Å²) < 4.78 is 5.48. The number of aryl methyl sites for hydroxylation is 1. The van der Waals surface area contributed by atoms with E-state index in [2.05, 4.69) is 35.3 Å². The van der Waals surface area contributed by atoms with E-state index in [1.54, 1.807) is 0 Å². The molecule has 0 amide bonds. The molecule has 0 aliphatic carbocycles. The third kappa shape index (κ3) is 2.93. The van der Waals surface area contributed by atoms with Gasteiger partial charge in [-0.2, -0.15) is 0 Å². The molecule has 2 fully saturated rings. The standard InChI is InChI=1S/C16H24N2O/c1-13-5-6-14(15-4-2-3-7-17-15)16(12-13)18-8-10-19-11-9-18/h5-6,12,15,17H,2-4,7-11H2,1H3. The first-order chi connectivity index (χ1) is 9.34. The molecule has 1 aromatic rings. The first kappa shape index (κ1) is 12.9. The molecule has 0 saturated carbocycles. The Morgan fingerprint density at radius 2 is 2.05 bits per heavy atom. The summed E-state index contributed by atoms with van der Waals surface area (Å²) in [7, 11) is 0. The van der Waals surface area contributed by atoms with E-state index < -0.39 is 0 Å². The van der Waals surface area contributed by atoms with Crippen LogP contribution in [0, 0.1) is 6.92 Å². The van der Waals surface area contributed by atoms with Crippen molar-refractivity contribution in [3.63, 3.8) is 0 Å². The van der Waals surface area contributed by atoms with Gasteiger partial charge in [-0.25, -0.2) is 0 Å². The largest absolute Gasteiger partial charge is 0.378 e. The third-order valence-corrected chi connectivity index (χ3v) is 4.22. The summed E-state index contributed by atoms with van der Waals surface area (Å²) >= 11 is 0. The molecule has 104 valence electrons. The molecule has 0 bridgehead atoms. The lowest BCUT2D eigenvalue weighted by molar-refractivity contribution is 0.122. The number of morpholine rings is 1. The SMILES string of the molecule is Cc1ccc(C2CCCCN2)c(N2CCOCC2)c1. The van der Waals surface area contributed by atoms with Crippen LogP contribution in [-0.4, -0.2) is 32.8 Å². The quantitative estimate of drug-likeness (QED) is 0.884. The molecule has 0 spiro atoms. The first-order valence-electron chi connectivity index (χ1n) is 7.51. The Balaban J connectivity index is 1.88. The van der Waals surface area contributed by atoms with Crippen LogP contribution in [0.25, 0.3) is 0 Å². The average molecular weight is 260 g/mol. The van der Waals surface area contributed by atoms with Crippen LogP contribution in [0.5, 0.6) is 0 Å². The lowest BCUT2D eigenvalue weighted by Crippen LogP contribution is -2.38. The van der Waals surface area contributed by atoms with Gasteiger partial charge in [-0.3, -0.25) is 0 Å². The molecule has 3 nitrogen and oxygen atoms in total. The van der Waals surface area contributed by atoms with Gasteiger partial charge in [0.25, 0.3) is 0 Å². The molecule has 3 heteroatoms. The lowest BCUT2D eigenvalue weighted by atomic mass is 9.94. The minimum Gasteiger partial charge on any atom is -0.378 e. The van der Waals surface area contributed by atoms with Gasteiger partial charge in [0.05, 0.1) is 13.2 Å². The molecular formula is C16H24N2O. The molecule has 0 radical (unpaired) electrons. The Morgan fingerprint density at radius 3 is 2.79 bits per heavy atom. The van der Waals surface area contributed by atoms with Crippen LogP contribution >= 0.6 is 0 Å². The van der Waals surface area contributed by atoms with Crippen LogP contribution in [0.15, 0.2) is 18.2 Å². The second-order valence-corrected chi connectivity index (χ2v) is 5.66. The van der Waals surface area contributed by atoms with E-state index in [0.717, 1.165) is 32.8 Å². The molecule has 2 heterocycles. The maximum Gasteiger partial charge on any atom is 0.0642 e. The number of rotatable bonds is 2. The smallest absolute Gasteiger partial charge is 0.0642 e. The molecule has 19 heavy (non-hydrogen) atoms. The molecule has 1 atom stereocenters. The maximum atomic E-state index is 5.48. The van der Waals surface area contributed by atoms with Crippen molar-refractivity contribution >= 4 is 5.69 Å². The van der Waals surface area contributed by atoms with Gasteiger partial charge >= 0.3 is 0 Å². The zero-order chi connectivity index (χ0) is 13.1. The minimum atomic E-state index is 0.534. The zero-order valence-electron chi connectivity index (χ0n) is 11.8. The van der Waals surface area contributed by atoms with Crippen molar-refractivity contribution in [2.45, 2.75) is 32.2 Å².